The van der Waals surface area contributed by atoms with E-state index < -0.39 is 12.5 Å². The van der Waals surface area contributed by atoms with Crippen molar-refractivity contribution >= 4 is 16.9 Å². The van der Waals surface area contributed by atoms with Crippen LogP contribution in [0.5, 0.6) is 11.5 Å². The number of para-hydroxylation sites is 2. The Morgan fingerprint density at radius 3 is 2.50 bits per heavy atom. The molecule has 0 unspecified atom stereocenters. The van der Waals surface area contributed by atoms with Crippen LogP contribution < -0.4 is 14.8 Å². The van der Waals surface area contributed by atoms with E-state index in [-0.39, 0.29) is 18.3 Å². The fraction of sp³-hybridized carbons (Fsp3) is 0.231. The quantitative estimate of drug-likeness (QED) is 0.352. The molecule has 4 rings (SSSR count). The van der Waals surface area contributed by atoms with Gasteiger partial charge in [-0.1, -0.05) is 49.4 Å². The van der Waals surface area contributed by atoms with Gasteiger partial charge in [-0.15, -0.1) is 0 Å². The van der Waals surface area contributed by atoms with Crippen molar-refractivity contribution in [3.8, 4) is 11.5 Å². The summed E-state index contributed by atoms with van der Waals surface area (Å²) in [6.07, 6.45) is 0. The van der Waals surface area contributed by atoms with Crippen molar-refractivity contribution in [3.05, 3.63) is 89.7 Å². The number of hydrogen-bond acceptors (Lipinski definition) is 4. The predicted molar refractivity (Wildman–Crippen MR) is 126 cm³/mol. The molecule has 3 aromatic carbocycles. The van der Waals surface area contributed by atoms with Gasteiger partial charge < -0.3 is 14.8 Å². The highest BCUT2D eigenvalue weighted by molar-refractivity contribution is 5.95. The van der Waals surface area contributed by atoms with E-state index in [1.54, 1.807) is 49.4 Å². The number of benzene rings is 3. The molecule has 6 nitrogen and oxygen atoms in total. The molecule has 0 bridgehead atoms. The highest BCUT2D eigenvalue weighted by atomic mass is 19.3. The summed E-state index contributed by atoms with van der Waals surface area (Å²) in [4.78, 5) is 17.1. The second-order valence-electron chi connectivity index (χ2n) is 7.86. The molecule has 0 saturated carbocycles. The van der Waals surface area contributed by atoms with Gasteiger partial charge in [0.25, 0.3) is 5.91 Å². The number of aromatic nitrogens is 2. The average Bonchev–Trinajstić information content (AvgIpc) is 3.26. The lowest BCUT2D eigenvalue weighted by Gasteiger charge is -2.16. The fourth-order valence-corrected chi connectivity index (χ4v) is 3.72. The van der Waals surface area contributed by atoms with E-state index in [1.165, 1.54) is 7.11 Å². The lowest BCUT2D eigenvalue weighted by Crippen LogP contribution is -2.28. The number of amides is 1. The lowest BCUT2D eigenvalue weighted by molar-refractivity contribution is 0.0704. The Hall–Kier alpha value is -3.94. The van der Waals surface area contributed by atoms with Crippen molar-refractivity contribution in [1.82, 2.24) is 14.9 Å². The third-order valence-electron chi connectivity index (χ3n) is 5.49. The van der Waals surface area contributed by atoms with Crippen molar-refractivity contribution in [2.75, 3.05) is 13.7 Å². The summed E-state index contributed by atoms with van der Waals surface area (Å²) in [6.45, 7) is -0.468. The van der Waals surface area contributed by atoms with Gasteiger partial charge in [0.15, 0.2) is 11.5 Å². The number of ether oxygens (including phenoxy) is 2. The van der Waals surface area contributed by atoms with Crippen molar-refractivity contribution in [2.24, 2.45) is 0 Å². The minimum absolute atomic E-state index is 0.142. The predicted octanol–water partition coefficient (Wildman–Crippen LogP) is 5.55. The first-order valence-electron chi connectivity index (χ1n) is 10.9. The van der Waals surface area contributed by atoms with E-state index in [0.29, 0.717) is 34.7 Å². The van der Waals surface area contributed by atoms with Crippen LogP contribution in [-0.2, 0) is 6.61 Å². The Bertz CT molecular complexity index is 1280. The van der Waals surface area contributed by atoms with E-state index in [4.69, 9.17) is 9.47 Å². The van der Waals surface area contributed by atoms with Gasteiger partial charge in [-0.25, -0.2) is 4.98 Å². The molecule has 176 valence electrons. The van der Waals surface area contributed by atoms with Crippen LogP contribution in [0.2, 0.25) is 0 Å². The van der Waals surface area contributed by atoms with Crippen molar-refractivity contribution in [2.45, 2.75) is 26.0 Å². The van der Waals surface area contributed by atoms with Gasteiger partial charge in [0.2, 0.25) is 0 Å². The number of carbonyl (C=O) groups excluding carboxylic acids is 1. The number of hydrogen-bond donors (Lipinski definition) is 1. The number of methoxy groups -OCH3 is 1. The highest BCUT2D eigenvalue weighted by Gasteiger charge is 2.22. The van der Waals surface area contributed by atoms with Crippen molar-refractivity contribution in [3.63, 3.8) is 0 Å². The number of nitrogens with one attached hydrogen (secondary N) is 1. The zero-order valence-electron chi connectivity index (χ0n) is 18.9. The van der Waals surface area contributed by atoms with Crippen LogP contribution in [0.3, 0.4) is 0 Å². The molecule has 1 N–H and O–H groups in total. The van der Waals surface area contributed by atoms with Crippen LogP contribution in [0.4, 0.5) is 8.78 Å². The third-order valence-corrected chi connectivity index (χ3v) is 5.49. The minimum atomic E-state index is -2.73. The smallest absolute Gasteiger partial charge is 0.320 e. The van der Waals surface area contributed by atoms with Gasteiger partial charge in [0.1, 0.15) is 12.4 Å². The minimum Gasteiger partial charge on any atom is -0.493 e. The molecule has 0 aliphatic carbocycles. The van der Waals surface area contributed by atoms with Gasteiger partial charge in [0.05, 0.1) is 18.1 Å². The van der Waals surface area contributed by atoms with E-state index >= 15 is 0 Å². The Labute approximate surface area is 196 Å². The Morgan fingerprint density at radius 1 is 1.03 bits per heavy atom. The van der Waals surface area contributed by atoms with Crippen LogP contribution >= 0.6 is 0 Å². The normalized spacial score (nSPS) is 12.0. The van der Waals surface area contributed by atoms with Crippen molar-refractivity contribution < 1.29 is 23.0 Å². The summed E-state index contributed by atoms with van der Waals surface area (Å²) in [5, 5.41) is 2.80. The molecule has 0 aliphatic heterocycles. The summed E-state index contributed by atoms with van der Waals surface area (Å²) >= 11 is 0. The maximum atomic E-state index is 13.7. The first-order valence-corrected chi connectivity index (χ1v) is 10.9. The Kier molecular flexibility index (Phi) is 7.06. The van der Waals surface area contributed by atoms with Crippen LogP contribution in [0.15, 0.2) is 72.8 Å². The van der Waals surface area contributed by atoms with E-state index in [1.807, 2.05) is 30.3 Å². The number of nitrogens with zero attached hydrogens (tertiary/aromatic N) is 2. The fourth-order valence-electron chi connectivity index (χ4n) is 3.72. The largest absolute Gasteiger partial charge is 0.493 e. The molecule has 1 aromatic heterocycles. The molecule has 34 heavy (non-hydrogen) atoms. The lowest BCUT2D eigenvalue weighted by atomic mass is 10.1. The first kappa shape index (κ1) is 23.2. The SMILES string of the molecule is COc1cc(C(=O)NC[C@H](C)c2nc3ccccc3n2C(F)F)ccc1OCc1ccccc1. The summed E-state index contributed by atoms with van der Waals surface area (Å²) in [5.41, 5.74) is 2.24. The maximum absolute atomic E-state index is 13.7. The first-order chi connectivity index (χ1) is 16.5. The number of carbonyl (C=O) groups is 1. The summed E-state index contributed by atoms with van der Waals surface area (Å²) < 4.78 is 39.6. The van der Waals surface area contributed by atoms with Gasteiger partial charge in [-0.3, -0.25) is 9.36 Å². The second kappa shape index (κ2) is 10.3. The molecule has 4 aromatic rings. The highest BCUT2D eigenvalue weighted by Crippen LogP contribution is 2.30. The van der Waals surface area contributed by atoms with Crippen LogP contribution in [0, 0.1) is 0 Å². The maximum Gasteiger partial charge on any atom is 0.320 e. The molecule has 0 aliphatic rings. The van der Waals surface area contributed by atoms with Crippen LogP contribution in [0.1, 0.15) is 41.1 Å². The number of fused-ring (bicyclic) bond motifs is 1. The zero-order valence-corrected chi connectivity index (χ0v) is 18.9. The summed E-state index contributed by atoms with van der Waals surface area (Å²) in [5.74, 6) is 0.386. The molecule has 8 heteroatoms. The second-order valence-corrected chi connectivity index (χ2v) is 7.86. The topological polar surface area (TPSA) is 65.4 Å². The Morgan fingerprint density at radius 2 is 1.76 bits per heavy atom. The molecule has 1 atom stereocenters. The Balaban J connectivity index is 1.44. The number of halogens is 2. The van der Waals surface area contributed by atoms with Gasteiger partial charge in [-0.05, 0) is 35.9 Å². The molecule has 1 heterocycles. The monoisotopic (exact) mass is 465 g/mol. The van der Waals surface area contributed by atoms with Crippen LogP contribution in [-0.4, -0.2) is 29.1 Å². The molecular weight excluding hydrogens is 440 g/mol. The van der Waals surface area contributed by atoms with Crippen LogP contribution in [0.25, 0.3) is 11.0 Å². The number of imidazole rings is 1. The molecule has 1 amide bonds. The van der Waals surface area contributed by atoms with Gasteiger partial charge in [0, 0.05) is 18.0 Å². The summed E-state index contributed by atoms with van der Waals surface area (Å²) in [7, 11) is 1.50. The molecule has 0 saturated heterocycles. The standard InChI is InChI=1S/C26H25F2N3O3/c1-17(24-30-20-10-6-7-11-21(20)31(24)26(27)28)15-29-25(32)19-12-13-22(23(14-19)33-2)34-16-18-8-4-3-5-9-18/h3-14,17,26H,15-16H2,1-2H3,(H,29,32)/t17-/m0/s1. The van der Waals surface area contributed by atoms with Gasteiger partial charge in [-0.2, -0.15) is 8.78 Å². The average molecular weight is 466 g/mol. The number of alkyl halides is 2. The molecule has 0 fully saturated rings. The zero-order chi connectivity index (χ0) is 24.1. The van der Waals surface area contributed by atoms with E-state index in [9.17, 15) is 13.6 Å². The molecule has 0 spiro atoms. The summed E-state index contributed by atoms with van der Waals surface area (Å²) in [6, 6.07) is 21.4. The van der Waals surface area contributed by atoms with Crippen molar-refractivity contribution in [1.29, 1.82) is 0 Å². The van der Waals surface area contributed by atoms with Gasteiger partial charge >= 0.3 is 6.55 Å². The van der Waals surface area contributed by atoms with E-state index in [2.05, 4.69) is 10.3 Å². The molecular formula is C26H25F2N3O3. The molecule has 0 radical (unpaired) electrons. The number of rotatable bonds is 9. The van der Waals surface area contributed by atoms with E-state index in [0.717, 1.165) is 10.1 Å². The third kappa shape index (κ3) is 5.01.